The fourth-order valence-electron chi connectivity index (χ4n) is 3.22. The molecule has 1 aromatic carbocycles. The lowest BCUT2D eigenvalue weighted by atomic mass is 10.1. The van der Waals surface area contributed by atoms with Gasteiger partial charge >= 0.3 is 0 Å². The van der Waals surface area contributed by atoms with Crippen molar-refractivity contribution in [3.63, 3.8) is 0 Å². The summed E-state index contributed by atoms with van der Waals surface area (Å²) in [6.07, 6.45) is 4.38. The van der Waals surface area contributed by atoms with Crippen LogP contribution in [0.3, 0.4) is 0 Å². The maximum atomic E-state index is 12.3. The predicted octanol–water partition coefficient (Wildman–Crippen LogP) is 4.79. The van der Waals surface area contributed by atoms with E-state index < -0.39 is 0 Å². The topological polar surface area (TPSA) is 45.2 Å². The van der Waals surface area contributed by atoms with Crippen LogP contribution in [0.1, 0.15) is 39.5 Å². The zero-order chi connectivity index (χ0) is 16.9. The first kappa shape index (κ1) is 17.0. The Kier molecular flexibility index (Phi) is 5.51. The second-order valence-corrected chi connectivity index (χ2v) is 7.08. The molecule has 1 N–H and O–H groups in total. The molecule has 1 heterocycles. The number of hydrogen-bond acceptors (Lipinski definition) is 4. The number of nitrogens with zero attached hydrogens (tertiary/aromatic N) is 2. The monoisotopic (exact) mass is 343 g/mol. The molecule has 0 aliphatic heterocycles. The molecule has 1 fully saturated rings. The summed E-state index contributed by atoms with van der Waals surface area (Å²) in [6.45, 7) is 6.20. The standard InChI is InChI=1S/C19H25N3OS/c1-3-22(4-2)19-21-17(13-24-19)15-10-7-11-16(12-15)20-18(23)14-8-5-6-9-14/h7,10-14H,3-6,8-9H2,1-2H3,(H,20,23). The molecule has 5 heteroatoms. The van der Waals surface area contributed by atoms with E-state index in [-0.39, 0.29) is 11.8 Å². The minimum atomic E-state index is 0.159. The first-order valence-electron chi connectivity index (χ1n) is 8.83. The molecular weight excluding hydrogens is 318 g/mol. The molecular formula is C19H25N3OS. The molecule has 0 radical (unpaired) electrons. The van der Waals surface area contributed by atoms with Crippen molar-refractivity contribution >= 4 is 28.1 Å². The molecule has 0 saturated heterocycles. The average Bonchev–Trinajstić information content (AvgIpc) is 3.28. The maximum absolute atomic E-state index is 12.3. The van der Waals surface area contributed by atoms with Crippen molar-refractivity contribution in [2.45, 2.75) is 39.5 Å². The molecule has 1 aliphatic rings. The third-order valence-corrected chi connectivity index (χ3v) is 5.58. The Morgan fingerprint density at radius 2 is 2.04 bits per heavy atom. The molecule has 0 unspecified atom stereocenters. The molecule has 1 aromatic heterocycles. The lowest BCUT2D eigenvalue weighted by Crippen LogP contribution is -2.21. The second kappa shape index (κ2) is 7.79. The van der Waals surface area contributed by atoms with Gasteiger partial charge in [0.15, 0.2) is 5.13 Å². The van der Waals surface area contributed by atoms with Crippen LogP contribution in [-0.2, 0) is 4.79 Å². The number of thiazole rings is 1. The molecule has 0 atom stereocenters. The van der Waals surface area contributed by atoms with Crippen LogP contribution in [0.15, 0.2) is 29.6 Å². The van der Waals surface area contributed by atoms with E-state index in [0.717, 1.165) is 48.0 Å². The van der Waals surface area contributed by atoms with Gasteiger partial charge in [0.2, 0.25) is 5.91 Å². The van der Waals surface area contributed by atoms with Gasteiger partial charge in [-0.2, -0.15) is 0 Å². The Morgan fingerprint density at radius 1 is 1.29 bits per heavy atom. The average molecular weight is 343 g/mol. The number of hydrogen-bond donors (Lipinski definition) is 1. The first-order chi connectivity index (χ1) is 11.7. The summed E-state index contributed by atoms with van der Waals surface area (Å²) in [4.78, 5) is 19.3. The minimum Gasteiger partial charge on any atom is -0.349 e. The van der Waals surface area contributed by atoms with Crippen molar-refractivity contribution in [3.05, 3.63) is 29.6 Å². The van der Waals surface area contributed by atoms with Crippen LogP contribution in [-0.4, -0.2) is 24.0 Å². The number of anilines is 2. The van der Waals surface area contributed by atoms with Crippen molar-refractivity contribution in [2.24, 2.45) is 5.92 Å². The third-order valence-electron chi connectivity index (χ3n) is 4.68. The van der Waals surface area contributed by atoms with Gasteiger partial charge in [0.1, 0.15) is 0 Å². The Hall–Kier alpha value is -1.88. The fourth-order valence-corrected chi connectivity index (χ4v) is 4.19. The van der Waals surface area contributed by atoms with E-state index in [0.29, 0.717) is 0 Å². The number of nitrogens with one attached hydrogen (secondary N) is 1. The molecule has 2 aromatic rings. The number of carbonyl (C=O) groups excluding carboxylic acids is 1. The second-order valence-electron chi connectivity index (χ2n) is 6.24. The molecule has 1 aliphatic carbocycles. The van der Waals surface area contributed by atoms with Crippen LogP contribution < -0.4 is 10.2 Å². The summed E-state index contributed by atoms with van der Waals surface area (Å²) in [5, 5.41) is 6.21. The molecule has 0 bridgehead atoms. The van der Waals surface area contributed by atoms with Crippen molar-refractivity contribution < 1.29 is 4.79 Å². The highest BCUT2D eigenvalue weighted by Crippen LogP contribution is 2.30. The lowest BCUT2D eigenvalue weighted by molar-refractivity contribution is -0.119. The van der Waals surface area contributed by atoms with Gasteiger partial charge in [-0.1, -0.05) is 25.0 Å². The highest BCUT2D eigenvalue weighted by molar-refractivity contribution is 7.14. The van der Waals surface area contributed by atoms with E-state index in [1.54, 1.807) is 11.3 Å². The lowest BCUT2D eigenvalue weighted by Gasteiger charge is -2.16. The highest BCUT2D eigenvalue weighted by atomic mass is 32.1. The SMILES string of the molecule is CCN(CC)c1nc(-c2cccc(NC(=O)C3CCCC3)c2)cs1. The summed E-state index contributed by atoms with van der Waals surface area (Å²) >= 11 is 1.67. The van der Waals surface area contributed by atoms with Gasteiger partial charge in [-0.15, -0.1) is 11.3 Å². The Bertz CT molecular complexity index is 687. The molecule has 24 heavy (non-hydrogen) atoms. The molecule has 128 valence electrons. The van der Waals surface area contributed by atoms with E-state index >= 15 is 0 Å². The molecule has 1 amide bonds. The van der Waals surface area contributed by atoms with E-state index in [2.05, 4.69) is 29.4 Å². The van der Waals surface area contributed by atoms with Gasteiger partial charge in [0.25, 0.3) is 0 Å². The van der Waals surface area contributed by atoms with Crippen LogP contribution >= 0.6 is 11.3 Å². The summed E-state index contributed by atoms with van der Waals surface area (Å²) in [5.41, 5.74) is 2.88. The van der Waals surface area contributed by atoms with Gasteiger partial charge in [-0.05, 0) is 38.8 Å². The van der Waals surface area contributed by atoms with Crippen LogP contribution in [0, 0.1) is 5.92 Å². The van der Waals surface area contributed by atoms with E-state index in [9.17, 15) is 4.79 Å². The van der Waals surface area contributed by atoms with Crippen molar-refractivity contribution in [2.75, 3.05) is 23.3 Å². The predicted molar refractivity (Wildman–Crippen MR) is 102 cm³/mol. The van der Waals surface area contributed by atoms with Crippen LogP contribution in [0.25, 0.3) is 11.3 Å². The van der Waals surface area contributed by atoms with Gasteiger partial charge in [0.05, 0.1) is 5.69 Å². The zero-order valence-electron chi connectivity index (χ0n) is 14.4. The smallest absolute Gasteiger partial charge is 0.227 e. The highest BCUT2D eigenvalue weighted by Gasteiger charge is 2.22. The van der Waals surface area contributed by atoms with Crippen molar-refractivity contribution in [1.29, 1.82) is 0 Å². The number of rotatable bonds is 6. The largest absolute Gasteiger partial charge is 0.349 e. The molecule has 0 spiro atoms. The Morgan fingerprint density at radius 3 is 2.75 bits per heavy atom. The Labute approximate surface area is 147 Å². The normalized spacial score (nSPS) is 14.8. The van der Waals surface area contributed by atoms with E-state index in [1.807, 2.05) is 24.3 Å². The quantitative estimate of drug-likeness (QED) is 0.820. The van der Waals surface area contributed by atoms with Crippen LogP contribution in [0.4, 0.5) is 10.8 Å². The maximum Gasteiger partial charge on any atom is 0.227 e. The molecule has 1 saturated carbocycles. The third kappa shape index (κ3) is 3.78. The first-order valence-corrected chi connectivity index (χ1v) is 9.71. The van der Waals surface area contributed by atoms with Crippen molar-refractivity contribution in [3.8, 4) is 11.3 Å². The zero-order valence-corrected chi connectivity index (χ0v) is 15.2. The van der Waals surface area contributed by atoms with Crippen LogP contribution in [0.2, 0.25) is 0 Å². The van der Waals surface area contributed by atoms with Crippen LogP contribution in [0.5, 0.6) is 0 Å². The van der Waals surface area contributed by atoms with E-state index in [4.69, 9.17) is 4.98 Å². The van der Waals surface area contributed by atoms with E-state index in [1.165, 1.54) is 12.8 Å². The van der Waals surface area contributed by atoms with Crippen molar-refractivity contribution in [1.82, 2.24) is 4.98 Å². The van der Waals surface area contributed by atoms with Gasteiger partial charge in [-0.25, -0.2) is 4.98 Å². The summed E-state index contributed by atoms with van der Waals surface area (Å²) < 4.78 is 0. The number of aromatic nitrogens is 1. The summed E-state index contributed by atoms with van der Waals surface area (Å²) in [7, 11) is 0. The minimum absolute atomic E-state index is 0.159. The van der Waals surface area contributed by atoms with Gasteiger partial charge < -0.3 is 10.2 Å². The van der Waals surface area contributed by atoms with Gasteiger partial charge in [-0.3, -0.25) is 4.79 Å². The molecule has 4 nitrogen and oxygen atoms in total. The molecule has 3 rings (SSSR count). The summed E-state index contributed by atoms with van der Waals surface area (Å²) in [6, 6.07) is 8.00. The van der Waals surface area contributed by atoms with Gasteiger partial charge in [0, 0.05) is 35.6 Å². The number of benzene rings is 1. The fraction of sp³-hybridized carbons (Fsp3) is 0.474. The number of amides is 1. The Balaban J connectivity index is 1.74. The summed E-state index contributed by atoms with van der Waals surface area (Å²) in [5.74, 6) is 0.342. The number of carbonyl (C=O) groups is 1.